The maximum absolute atomic E-state index is 6.08. The number of ether oxygens (including phenoxy) is 2. The van der Waals surface area contributed by atoms with E-state index in [-0.39, 0.29) is 6.29 Å². The van der Waals surface area contributed by atoms with Crippen LogP contribution in [0.3, 0.4) is 0 Å². The van der Waals surface area contributed by atoms with Crippen molar-refractivity contribution >= 4 is 39.1 Å². The lowest BCUT2D eigenvalue weighted by atomic mass is 10.2. The predicted molar refractivity (Wildman–Crippen MR) is 91.6 cm³/mol. The zero-order valence-corrected chi connectivity index (χ0v) is 14.6. The van der Waals surface area contributed by atoms with Gasteiger partial charge in [0, 0.05) is 17.2 Å². The van der Waals surface area contributed by atoms with Crippen molar-refractivity contribution in [2.24, 2.45) is 0 Å². The van der Waals surface area contributed by atoms with Gasteiger partial charge in [-0.15, -0.1) is 11.3 Å². The van der Waals surface area contributed by atoms with Crippen LogP contribution < -0.4 is 5.73 Å². The first-order chi connectivity index (χ1) is 10.6. The Hall–Kier alpha value is -0.890. The Morgan fingerprint density at radius 2 is 2.23 bits per heavy atom. The molecule has 0 aliphatic carbocycles. The van der Waals surface area contributed by atoms with Crippen LogP contribution in [0.4, 0.5) is 5.82 Å². The van der Waals surface area contributed by atoms with Gasteiger partial charge in [-0.25, -0.2) is 9.97 Å². The van der Waals surface area contributed by atoms with Crippen LogP contribution in [0.1, 0.15) is 29.7 Å². The van der Waals surface area contributed by atoms with E-state index in [1.807, 2.05) is 0 Å². The van der Waals surface area contributed by atoms with Crippen LogP contribution in [0.5, 0.6) is 0 Å². The Kier molecular flexibility index (Phi) is 5.18. The molecule has 0 saturated carbocycles. The number of anilines is 1. The van der Waals surface area contributed by atoms with Crippen LogP contribution in [-0.4, -0.2) is 35.2 Å². The molecule has 1 saturated heterocycles. The van der Waals surface area contributed by atoms with Gasteiger partial charge in [0.2, 0.25) is 0 Å². The van der Waals surface area contributed by atoms with E-state index in [0.717, 1.165) is 40.6 Å². The van der Waals surface area contributed by atoms with E-state index in [4.69, 9.17) is 15.2 Å². The van der Waals surface area contributed by atoms with Gasteiger partial charge in [-0.05, 0) is 38.7 Å². The summed E-state index contributed by atoms with van der Waals surface area (Å²) in [6.07, 6.45) is 3.28. The third kappa shape index (κ3) is 3.53. The molecule has 2 aromatic rings. The molecule has 22 heavy (non-hydrogen) atoms. The molecule has 1 aliphatic rings. The first-order valence-electron chi connectivity index (χ1n) is 7.54. The van der Waals surface area contributed by atoms with E-state index >= 15 is 0 Å². The molecule has 120 valence electrons. The second-order valence-corrected chi connectivity index (χ2v) is 7.64. The summed E-state index contributed by atoms with van der Waals surface area (Å²) in [6.45, 7) is 5.61. The highest BCUT2D eigenvalue weighted by Crippen LogP contribution is 2.33. The fourth-order valence-electron chi connectivity index (χ4n) is 2.48. The predicted octanol–water partition coefficient (Wildman–Crippen LogP) is 3.53. The van der Waals surface area contributed by atoms with Crippen molar-refractivity contribution < 1.29 is 9.47 Å². The van der Waals surface area contributed by atoms with Gasteiger partial charge in [0.1, 0.15) is 10.6 Å². The number of aryl methyl sites for hydroxylation is 2. The fourth-order valence-corrected chi connectivity index (χ4v) is 4.26. The first kappa shape index (κ1) is 16.0. The molecule has 0 amide bonds. The van der Waals surface area contributed by atoms with Crippen molar-refractivity contribution in [3.8, 4) is 0 Å². The Morgan fingerprint density at radius 1 is 1.36 bits per heavy atom. The molecule has 0 radical (unpaired) electrons. The molecule has 3 rings (SSSR count). The summed E-state index contributed by atoms with van der Waals surface area (Å²) in [5.41, 5.74) is 7.27. The summed E-state index contributed by atoms with van der Waals surface area (Å²) < 4.78 is 11.3. The summed E-state index contributed by atoms with van der Waals surface area (Å²) in [7, 11) is 0. The van der Waals surface area contributed by atoms with Gasteiger partial charge in [-0.1, -0.05) is 11.8 Å². The molecule has 1 atom stereocenters. The third-order valence-corrected chi connectivity index (χ3v) is 5.70. The number of rotatable bonds is 5. The molecule has 0 aromatic carbocycles. The van der Waals surface area contributed by atoms with Gasteiger partial charge < -0.3 is 15.2 Å². The molecule has 0 spiro atoms. The highest BCUT2D eigenvalue weighted by atomic mass is 32.2. The molecule has 0 bridgehead atoms. The number of nitrogens with zero attached hydrogens (tertiary/aromatic N) is 2. The lowest BCUT2D eigenvalue weighted by Gasteiger charge is -2.22. The average molecular weight is 339 g/mol. The quantitative estimate of drug-likeness (QED) is 0.510. The molecule has 1 fully saturated rings. The van der Waals surface area contributed by atoms with E-state index in [9.17, 15) is 0 Å². The van der Waals surface area contributed by atoms with Crippen LogP contribution in [0, 0.1) is 13.8 Å². The topological polar surface area (TPSA) is 70.3 Å². The highest BCUT2D eigenvalue weighted by molar-refractivity contribution is 7.99. The largest absolute Gasteiger partial charge is 0.383 e. The minimum atomic E-state index is -0.0367. The average Bonchev–Trinajstić information content (AvgIpc) is 2.80. The molecule has 5 nitrogen and oxygen atoms in total. The van der Waals surface area contributed by atoms with Crippen molar-refractivity contribution in [3.05, 3.63) is 10.4 Å². The zero-order valence-electron chi connectivity index (χ0n) is 12.9. The summed E-state index contributed by atoms with van der Waals surface area (Å²) in [5, 5.41) is 1.72. The summed E-state index contributed by atoms with van der Waals surface area (Å²) in [6, 6.07) is 0. The summed E-state index contributed by atoms with van der Waals surface area (Å²) in [5.74, 6) is 1.37. The molecule has 1 aliphatic heterocycles. The minimum Gasteiger partial charge on any atom is -0.383 e. The van der Waals surface area contributed by atoms with Crippen LogP contribution in [0.25, 0.3) is 10.2 Å². The van der Waals surface area contributed by atoms with E-state index in [1.165, 1.54) is 16.9 Å². The van der Waals surface area contributed by atoms with Crippen molar-refractivity contribution in [1.82, 2.24) is 9.97 Å². The van der Waals surface area contributed by atoms with E-state index in [0.29, 0.717) is 12.4 Å². The highest BCUT2D eigenvalue weighted by Gasteiger charge is 2.15. The number of thioether (sulfide) groups is 1. The van der Waals surface area contributed by atoms with Crippen LogP contribution in [0.2, 0.25) is 0 Å². The maximum atomic E-state index is 6.08. The Bertz CT molecular complexity index is 654. The third-order valence-electron chi connectivity index (χ3n) is 3.79. The van der Waals surface area contributed by atoms with Crippen LogP contribution in [0.15, 0.2) is 5.16 Å². The van der Waals surface area contributed by atoms with Gasteiger partial charge in [0.15, 0.2) is 11.4 Å². The molecule has 1 unspecified atom stereocenters. The lowest BCUT2D eigenvalue weighted by Crippen LogP contribution is -2.23. The number of nitrogens with two attached hydrogens (primary N) is 1. The fraction of sp³-hybridized carbons (Fsp3) is 0.600. The van der Waals surface area contributed by atoms with Gasteiger partial charge in [0.05, 0.1) is 12.0 Å². The number of aromatic nitrogens is 2. The summed E-state index contributed by atoms with van der Waals surface area (Å²) in [4.78, 5) is 11.2. The van der Waals surface area contributed by atoms with Gasteiger partial charge in [-0.3, -0.25) is 0 Å². The van der Waals surface area contributed by atoms with Crippen LogP contribution in [-0.2, 0) is 9.47 Å². The molecule has 2 N–H and O–H groups in total. The monoisotopic (exact) mass is 339 g/mol. The van der Waals surface area contributed by atoms with E-state index < -0.39 is 0 Å². The number of hydrogen-bond acceptors (Lipinski definition) is 7. The van der Waals surface area contributed by atoms with Gasteiger partial charge in [-0.2, -0.15) is 0 Å². The molecule has 3 heterocycles. The standard InChI is InChI=1S/C15H21N3O2S2/c1-9-10(2)22-14-12(9)13(16)17-15(18-14)21-8-7-20-11-5-3-4-6-19-11/h11H,3-8H2,1-2H3,(H2,16,17,18). The second-order valence-electron chi connectivity index (χ2n) is 5.37. The first-order valence-corrected chi connectivity index (χ1v) is 9.34. The molecular formula is C15H21N3O2S2. The van der Waals surface area contributed by atoms with Crippen molar-refractivity contribution in [2.75, 3.05) is 24.7 Å². The second kappa shape index (κ2) is 7.12. The van der Waals surface area contributed by atoms with Crippen LogP contribution >= 0.6 is 23.1 Å². The normalized spacial score (nSPS) is 18.9. The Morgan fingerprint density at radius 3 is 3.00 bits per heavy atom. The molecular weight excluding hydrogens is 318 g/mol. The summed E-state index contributed by atoms with van der Waals surface area (Å²) >= 11 is 3.25. The minimum absolute atomic E-state index is 0.0367. The van der Waals surface area contributed by atoms with Gasteiger partial charge in [0.25, 0.3) is 0 Å². The van der Waals surface area contributed by atoms with Crippen molar-refractivity contribution in [2.45, 2.75) is 44.6 Å². The number of fused-ring (bicyclic) bond motifs is 1. The SMILES string of the molecule is Cc1sc2nc(SCCOC3CCCCO3)nc(N)c2c1C. The molecule has 7 heteroatoms. The maximum Gasteiger partial charge on any atom is 0.190 e. The van der Waals surface area contributed by atoms with Crippen molar-refractivity contribution in [1.29, 1.82) is 0 Å². The van der Waals surface area contributed by atoms with E-state index in [1.54, 1.807) is 23.1 Å². The molecule has 2 aromatic heterocycles. The van der Waals surface area contributed by atoms with E-state index in [2.05, 4.69) is 23.8 Å². The number of nitrogen functional groups attached to an aromatic ring is 1. The smallest absolute Gasteiger partial charge is 0.190 e. The number of thiophene rings is 1. The number of hydrogen-bond donors (Lipinski definition) is 1. The Balaban J connectivity index is 1.57. The Labute approximate surface area is 138 Å². The zero-order chi connectivity index (χ0) is 15.5. The van der Waals surface area contributed by atoms with Gasteiger partial charge >= 0.3 is 0 Å². The lowest BCUT2D eigenvalue weighted by molar-refractivity contribution is -0.158. The van der Waals surface area contributed by atoms with Crippen molar-refractivity contribution in [3.63, 3.8) is 0 Å².